The van der Waals surface area contributed by atoms with Gasteiger partial charge in [0.2, 0.25) is 0 Å². The molecule has 220 valence electrons. The lowest BCUT2D eigenvalue weighted by Crippen LogP contribution is -1.96. The SMILES string of the molecule is C=CC1C=CC(c2ccc3c(c2)c2cc(-c4ccc(Nc5ccc(-c6ccccc6)cc5)cc4)ccc2n3-c2ccccc2)=CC1. The molecular weight excluding hydrogens is 556 g/mol. The maximum absolute atomic E-state index is 3.97. The van der Waals surface area contributed by atoms with Crippen LogP contribution in [0.15, 0.2) is 176 Å². The van der Waals surface area contributed by atoms with Gasteiger partial charge in [0.25, 0.3) is 0 Å². The smallest absolute Gasteiger partial charge is 0.0541 e. The van der Waals surface area contributed by atoms with E-state index in [1.54, 1.807) is 0 Å². The van der Waals surface area contributed by atoms with E-state index in [0.717, 1.165) is 17.8 Å². The Morgan fingerprint density at radius 3 is 1.67 bits per heavy atom. The van der Waals surface area contributed by atoms with Gasteiger partial charge in [0.1, 0.15) is 0 Å². The van der Waals surface area contributed by atoms with Gasteiger partial charge in [0, 0.05) is 27.8 Å². The zero-order valence-corrected chi connectivity index (χ0v) is 25.6. The molecule has 1 heterocycles. The lowest BCUT2D eigenvalue weighted by molar-refractivity contribution is 0.827. The summed E-state index contributed by atoms with van der Waals surface area (Å²) >= 11 is 0. The maximum Gasteiger partial charge on any atom is 0.0541 e. The summed E-state index contributed by atoms with van der Waals surface area (Å²) in [5, 5.41) is 6.07. The standard InChI is InChI=1S/C44H34N2/c1-2-31-13-15-34(16-14-31)36-21-27-43-41(29-36)42-30-37(22-28-44(42)46(43)40-11-7-4-8-12-40)35-19-25-39(26-20-35)45-38-23-17-33(18-24-38)32-9-5-3-6-10-32/h2-13,15-31,45H,1,14H2. The average Bonchev–Trinajstić information content (AvgIpc) is 3.46. The number of rotatable bonds is 7. The van der Waals surface area contributed by atoms with Crippen LogP contribution in [-0.2, 0) is 0 Å². The normalized spacial score (nSPS) is 14.3. The third-order valence-electron chi connectivity index (χ3n) is 9.05. The van der Waals surface area contributed by atoms with Gasteiger partial charge in [-0.05, 0) is 106 Å². The fraction of sp³-hybridized carbons (Fsp3) is 0.0455. The summed E-state index contributed by atoms with van der Waals surface area (Å²) in [5.74, 6) is 0.414. The second-order valence-electron chi connectivity index (χ2n) is 11.9. The Balaban J connectivity index is 1.13. The Morgan fingerprint density at radius 1 is 0.565 bits per heavy atom. The number of benzene rings is 6. The first-order valence-electron chi connectivity index (χ1n) is 15.9. The lowest BCUT2D eigenvalue weighted by Gasteiger charge is -2.13. The summed E-state index contributed by atoms with van der Waals surface area (Å²) in [6.07, 6.45) is 9.85. The second kappa shape index (κ2) is 11.9. The Bertz CT molecular complexity index is 2230. The summed E-state index contributed by atoms with van der Waals surface area (Å²) in [6.45, 7) is 3.97. The molecule has 0 bridgehead atoms. The van der Waals surface area contributed by atoms with E-state index in [1.165, 1.54) is 60.9 Å². The Morgan fingerprint density at radius 2 is 1.09 bits per heavy atom. The molecule has 1 aromatic heterocycles. The van der Waals surface area contributed by atoms with Crippen LogP contribution < -0.4 is 5.32 Å². The molecule has 2 heteroatoms. The van der Waals surface area contributed by atoms with Crippen LogP contribution in [0.5, 0.6) is 0 Å². The lowest BCUT2D eigenvalue weighted by atomic mass is 9.92. The van der Waals surface area contributed by atoms with Gasteiger partial charge < -0.3 is 9.88 Å². The summed E-state index contributed by atoms with van der Waals surface area (Å²) < 4.78 is 2.38. The van der Waals surface area contributed by atoms with Crippen LogP contribution in [0.1, 0.15) is 12.0 Å². The molecule has 1 aliphatic carbocycles. The quantitative estimate of drug-likeness (QED) is 0.183. The van der Waals surface area contributed by atoms with E-state index in [2.05, 4.69) is 174 Å². The monoisotopic (exact) mass is 590 g/mol. The molecular formula is C44H34N2. The molecule has 6 aromatic carbocycles. The van der Waals surface area contributed by atoms with Gasteiger partial charge in [0.15, 0.2) is 0 Å². The van der Waals surface area contributed by atoms with Crippen LogP contribution in [0.3, 0.4) is 0 Å². The number of allylic oxidation sites excluding steroid dienone is 5. The van der Waals surface area contributed by atoms with Crippen molar-refractivity contribution in [2.45, 2.75) is 6.42 Å². The second-order valence-corrected chi connectivity index (χ2v) is 11.9. The number of para-hydroxylation sites is 1. The van der Waals surface area contributed by atoms with Crippen LogP contribution in [-0.4, -0.2) is 4.57 Å². The molecule has 0 aliphatic heterocycles. The maximum atomic E-state index is 3.97. The molecule has 1 atom stereocenters. The van der Waals surface area contributed by atoms with Crippen molar-refractivity contribution in [2.24, 2.45) is 5.92 Å². The van der Waals surface area contributed by atoms with Crippen LogP contribution >= 0.6 is 0 Å². The molecule has 0 spiro atoms. The number of aromatic nitrogens is 1. The number of hydrogen-bond donors (Lipinski definition) is 1. The first-order valence-corrected chi connectivity index (χ1v) is 15.9. The van der Waals surface area contributed by atoms with Crippen LogP contribution in [0, 0.1) is 5.92 Å². The van der Waals surface area contributed by atoms with Crippen LogP contribution in [0.25, 0.3) is 55.3 Å². The van der Waals surface area contributed by atoms with E-state index in [9.17, 15) is 0 Å². The van der Waals surface area contributed by atoms with Gasteiger partial charge in [-0.2, -0.15) is 0 Å². The van der Waals surface area contributed by atoms with E-state index in [1.807, 2.05) is 12.1 Å². The molecule has 2 nitrogen and oxygen atoms in total. The third-order valence-corrected chi connectivity index (χ3v) is 9.05. The highest BCUT2D eigenvalue weighted by atomic mass is 15.0. The van der Waals surface area contributed by atoms with E-state index in [0.29, 0.717) is 5.92 Å². The number of anilines is 2. The molecule has 1 N–H and O–H groups in total. The van der Waals surface area contributed by atoms with Crippen molar-refractivity contribution in [1.29, 1.82) is 0 Å². The topological polar surface area (TPSA) is 17.0 Å². The summed E-state index contributed by atoms with van der Waals surface area (Å²) in [4.78, 5) is 0. The minimum atomic E-state index is 0.414. The number of fused-ring (bicyclic) bond motifs is 3. The van der Waals surface area contributed by atoms with E-state index in [-0.39, 0.29) is 0 Å². The molecule has 8 rings (SSSR count). The van der Waals surface area contributed by atoms with Gasteiger partial charge in [-0.1, -0.05) is 109 Å². The molecule has 7 aromatic rings. The Hall–Kier alpha value is -5.86. The fourth-order valence-electron chi connectivity index (χ4n) is 6.55. The van der Waals surface area contributed by atoms with Gasteiger partial charge in [0.05, 0.1) is 11.0 Å². The minimum Gasteiger partial charge on any atom is -0.356 e. The van der Waals surface area contributed by atoms with E-state index >= 15 is 0 Å². The van der Waals surface area contributed by atoms with Gasteiger partial charge in [-0.15, -0.1) is 6.58 Å². The van der Waals surface area contributed by atoms with Crippen molar-refractivity contribution >= 4 is 38.8 Å². The first-order chi connectivity index (χ1) is 22.7. The number of nitrogens with zero attached hydrogens (tertiary/aromatic N) is 1. The first kappa shape index (κ1) is 27.7. The number of nitrogens with one attached hydrogen (secondary N) is 1. The summed E-state index contributed by atoms with van der Waals surface area (Å²) in [6, 6.07) is 52.2. The van der Waals surface area contributed by atoms with Crippen molar-refractivity contribution < 1.29 is 0 Å². The molecule has 0 fully saturated rings. The van der Waals surface area contributed by atoms with Gasteiger partial charge in [-0.3, -0.25) is 0 Å². The van der Waals surface area contributed by atoms with Crippen molar-refractivity contribution in [3.8, 4) is 27.9 Å². The zero-order valence-electron chi connectivity index (χ0n) is 25.6. The summed E-state index contributed by atoms with van der Waals surface area (Å²) in [5.41, 5.74) is 13.1. The van der Waals surface area contributed by atoms with Crippen LogP contribution in [0.2, 0.25) is 0 Å². The van der Waals surface area contributed by atoms with Crippen molar-refractivity contribution in [3.63, 3.8) is 0 Å². The van der Waals surface area contributed by atoms with Crippen molar-refractivity contribution in [2.75, 3.05) is 5.32 Å². The molecule has 1 aliphatic rings. The molecule has 1 unspecified atom stereocenters. The highest BCUT2D eigenvalue weighted by molar-refractivity contribution is 6.11. The van der Waals surface area contributed by atoms with E-state index in [4.69, 9.17) is 0 Å². The highest BCUT2D eigenvalue weighted by Crippen LogP contribution is 2.37. The molecule has 0 saturated heterocycles. The Kier molecular flexibility index (Phi) is 7.16. The Labute approximate surface area is 270 Å². The zero-order chi connectivity index (χ0) is 30.9. The van der Waals surface area contributed by atoms with E-state index < -0.39 is 0 Å². The predicted octanol–water partition coefficient (Wildman–Crippen LogP) is 12.0. The fourth-order valence-corrected chi connectivity index (χ4v) is 6.55. The van der Waals surface area contributed by atoms with Crippen molar-refractivity contribution in [3.05, 3.63) is 182 Å². The molecule has 0 radical (unpaired) electrons. The molecule has 0 amide bonds. The average molecular weight is 591 g/mol. The number of hydrogen-bond acceptors (Lipinski definition) is 1. The largest absolute Gasteiger partial charge is 0.356 e. The molecule has 46 heavy (non-hydrogen) atoms. The van der Waals surface area contributed by atoms with Gasteiger partial charge in [-0.25, -0.2) is 0 Å². The summed E-state index contributed by atoms with van der Waals surface area (Å²) in [7, 11) is 0. The van der Waals surface area contributed by atoms with Crippen molar-refractivity contribution in [1.82, 2.24) is 4.57 Å². The van der Waals surface area contributed by atoms with Crippen LogP contribution in [0.4, 0.5) is 11.4 Å². The predicted molar refractivity (Wildman–Crippen MR) is 197 cm³/mol. The minimum absolute atomic E-state index is 0.414. The van der Waals surface area contributed by atoms with Gasteiger partial charge >= 0.3 is 0 Å². The highest BCUT2D eigenvalue weighted by Gasteiger charge is 2.15. The third kappa shape index (κ3) is 5.25. The molecule has 0 saturated carbocycles.